The molecule has 1 unspecified atom stereocenters. The molecule has 0 saturated heterocycles. The molecule has 1 aliphatic rings. The Kier molecular flexibility index (Phi) is 3.94. The Bertz CT molecular complexity index is 459. The normalized spacial score (nSPS) is 19.1. The number of hydrogen-bond acceptors (Lipinski definition) is 1. The van der Waals surface area contributed by atoms with Gasteiger partial charge in [0.05, 0.1) is 4.47 Å². The number of rotatable bonds is 2. The van der Waals surface area contributed by atoms with Crippen LogP contribution in [-0.2, 0) is 4.79 Å². The van der Waals surface area contributed by atoms with E-state index in [-0.39, 0.29) is 17.6 Å². The molecule has 1 atom stereocenters. The van der Waals surface area contributed by atoms with Gasteiger partial charge in [-0.3, -0.25) is 4.79 Å². The Morgan fingerprint density at radius 3 is 2.88 bits per heavy atom. The molecular formula is C13H13BrFNO. The van der Waals surface area contributed by atoms with Crippen LogP contribution in [0.5, 0.6) is 0 Å². The zero-order valence-electron chi connectivity index (χ0n) is 9.25. The predicted octanol–water partition coefficient (Wildman–Crippen LogP) is 3.88. The van der Waals surface area contributed by atoms with E-state index in [1.54, 1.807) is 12.1 Å². The van der Waals surface area contributed by atoms with Gasteiger partial charge in [-0.25, -0.2) is 4.39 Å². The van der Waals surface area contributed by atoms with Crippen LogP contribution >= 0.6 is 15.9 Å². The summed E-state index contributed by atoms with van der Waals surface area (Å²) in [6.45, 7) is 0. The summed E-state index contributed by atoms with van der Waals surface area (Å²) in [4.78, 5) is 11.9. The fourth-order valence-electron chi connectivity index (χ4n) is 1.85. The van der Waals surface area contributed by atoms with E-state index in [1.807, 2.05) is 6.08 Å². The van der Waals surface area contributed by atoms with E-state index in [2.05, 4.69) is 27.3 Å². The van der Waals surface area contributed by atoms with Gasteiger partial charge in [0.1, 0.15) is 5.82 Å². The SMILES string of the molecule is O=C(Nc1ccc(F)c(Br)c1)C1CC=CCC1. The molecule has 90 valence electrons. The second-order valence-corrected chi connectivity index (χ2v) is 4.95. The molecule has 0 aromatic heterocycles. The lowest BCUT2D eigenvalue weighted by atomic mass is 9.93. The van der Waals surface area contributed by atoms with Gasteiger partial charge in [-0.05, 0) is 53.4 Å². The molecule has 1 aromatic carbocycles. The topological polar surface area (TPSA) is 29.1 Å². The minimum atomic E-state index is -0.330. The van der Waals surface area contributed by atoms with Gasteiger partial charge in [-0.1, -0.05) is 12.2 Å². The fourth-order valence-corrected chi connectivity index (χ4v) is 2.23. The standard InChI is InChI=1S/C13H13BrFNO/c14-11-8-10(6-7-12(11)15)16-13(17)9-4-2-1-3-5-9/h1-2,6-9H,3-5H2,(H,16,17). The van der Waals surface area contributed by atoms with Gasteiger partial charge in [0.15, 0.2) is 0 Å². The minimum Gasteiger partial charge on any atom is -0.326 e. The van der Waals surface area contributed by atoms with E-state index >= 15 is 0 Å². The minimum absolute atomic E-state index is 0.00728. The van der Waals surface area contributed by atoms with Gasteiger partial charge >= 0.3 is 0 Å². The van der Waals surface area contributed by atoms with Crippen molar-refractivity contribution in [2.75, 3.05) is 5.32 Å². The maximum Gasteiger partial charge on any atom is 0.227 e. The number of benzene rings is 1. The van der Waals surface area contributed by atoms with Crippen molar-refractivity contribution in [1.82, 2.24) is 0 Å². The van der Waals surface area contributed by atoms with E-state index in [4.69, 9.17) is 0 Å². The molecule has 0 radical (unpaired) electrons. The summed E-state index contributed by atoms with van der Waals surface area (Å²) in [6.07, 6.45) is 6.75. The van der Waals surface area contributed by atoms with Crippen LogP contribution in [-0.4, -0.2) is 5.91 Å². The highest BCUT2D eigenvalue weighted by atomic mass is 79.9. The molecule has 1 N–H and O–H groups in total. The number of carbonyl (C=O) groups excluding carboxylic acids is 1. The highest BCUT2D eigenvalue weighted by Crippen LogP contribution is 2.23. The molecule has 0 saturated carbocycles. The fraction of sp³-hybridized carbons (Fsp3) is 0.308. The van der Waals surface area contributed by atoms with E-state index in [9.17, 15) is 9.18 Å². The highest BCUT2D eigenvalue weighted by molar-refractivity contribution is 9.10. The number of carbonyl (C=O) groups is 1. The molecule has 0 spiro atoms. The Labute approximate surface area is 108 Å². The van der Waals surface area contributed by atoms with Gasteiger partial charge in [0.25, 0.3) is 0 Å². The summed E-state index contributed by atoms with van der Waals surface area (Å²) in [5.41, 5.74) is 0.623. The van der Waals surface area contributed by atoms with E-state index in [0.29, 0.717) is 10.2 Å². The summed E-state index contributed by atoms with van der Waals surface area (Å²) >= 11 is 3.09. The van der Waals surface area contributed by atoms with Gasteiger partial charge in [-0.2, -0.15) is 0 Å². The molecule has 1 aliphatic carbocycles. The molecule has 0 heterocycles. The van der Waals surface area contributed by atoms with Crippen molar-refractivity contribution in [3.63, 3.8) is 0 Å². The van der Waals surface area contributed by atoms with Crippen molar-refractivity contribution in [3.8, 4) is 0 Å². The van der Waals surface area contributed by atoms with Gasteiger partial charge in [-0.15, -0.1) is 0 Å². The van der Waals surface area contributed by atoms with Crippen molar-refractivity contribution in [2.45, 2.75) is 19.3 Å². The van der Waals surface area contributed by atoms with Crippen LogP contribution in [0.1, 0.15) is 19.3 Å². The first-order valence-corrected chi connectivity index (χ1v) is 6.37. The maximum absolute atomic E-state index is 13.0. The first kappa shape index (κ1) is 12.3. The smallest absolute Gasteiger partial charge is 0.227 e. The van der Waals surface area contributed by atoms with E-state index in [1.165, 1.54) is 6.07 Å². The third kappa shape index (κ3) is 3.16. The molecule has 2 rings (SSSR count). The third-order valence-corrected chi connectivity index (χ3v) is 3.43. The molecule has 4 heteroatoms. The lowest BCUT2D eigenvalue weighted by molar-refractivity contribution is -0.120. The first-order chi connectivity index (χ1) is 8.16. The molecule has 17 heavy (non-hydrogen) atoms. The molecule has 0 fully saturated rings. The average Bonchev–Trinajstić information content (AvgIpc) is 2.35. The molecule has 1 aromatic rings. The van der Waals surface area contributed by atoms with Gasteiger partial charge < -0.3 is 5.32 Å². The van der Waals surface area contributed by atoms with Crippen molar-refractivity contribution < 1.29 is 9.18 Å². The summed E-state index contributed by atoms with van der Waals surface area (Å²) < 4.78 is 13.4. The van der Waals surface area contributed by atoms with E-state index in [0.717, 1.165) is 19.3 Å². The number of amides is 1. The zero-order chi connectivity index (χ0) is 12.3. The average molecular weight is 298 g/mol. The van der Waals surface area contributed by atoms with Crippen LogP contribution in [0, 0.1) is 11.7 Å². The quantitative estimate of drug-likeness (QED) is 0.825. The Morgan fingerprint density at radius 1 is 1.41 bits per heavy atom. The third-order valence-electron chi connectivity index (χ3n) is 2.83. The monoisotopic (exact) mass is 297 g/mol. The van der Waals surface area contributed by atoms with Crippen molar-refractivity contribution >= 4 is 27.5 Å². The maximum atomic E-state index is 13.0. The van der Waals surface area contributed by atoms with Gasteiger partial charge in [0, 0.05) is 11.6 Å². The second-order valence-electron chi connectivity index (χ2n) is 4.10. The molecule has 2 nitrogen and oxygen atoms in total. The first-order valence-electron chi connectivity index (χ1n) is 5.58. The van der Waals surface area contributed by atoms with Crippen LogP contribution in [0.3, 0.4) is 0 Å². The zero-order valence-corrected chi connectivity index (χ0v) is 10.8. The molecule has 1 amide bonds. The van der Waals surface area contributed by atoms with E-state index < -0.39 is 0 Å². The summed E-state index contributed by atoms with van der Waals surface area (Å²) in [6, 6.07) is 4.48. The number of allylic oxidation sites excluding steroid dienone is 2. The summed E-state index contributed by atoms with van der Waals surface area (Å²) in [7, 11) is 0. The summed E-state index contributed by atoms with van der Waals surface area (Å²) in [5, 5.41) is 2.81. The molecule has 0 bridgehead atoms. The number of nitrogens with one attached hydrogen (secondary N) is 1. The Hall–Kier alpha value is -1.16. The highest BCUT2D eigenvalue weighted by Gasteiger charge is 2.18. The number of hydrogen-bond donors (Lipinski definition) is 1. The Balaban J connectivity index is 2.02. The number of halogens is 2. The van der Waals surface area contributed by atoms with Crippen LogP contribution in [0.4, 0.5) is 10.1 Å². The number of anilines is 1. The molecular weight excluding hydrogens is 285 g/mol. The van der Waals surface area contributed by atoms with Gasteiger partial charge in [0.2, 0.25) is 5.91 Å². The lowest BCUT2D eigenvalue weighted by Gasteiger charge is -2.17. The van der Waals surface area contributed by atoms with Crippen molar-refractivity contribution in [3.05, 3.63) is 40.6 Å². The Morgan fingerprint density at radius 2 is 2.24 bits per heavy atom. The van der Waals surface area contributed by atoms with Crippen LogP contribution in [0.15, 0.2) is 34.8 Å². The predicted molar refractivity (Wildman–Crippen MR) is 69.2 cm³/mol. The molecule has 0 aliphatic heterocycles. The van der Waals surface area contributed by atoms with Crippen LogP contribution < -0.4 is 5.32 Å². The lowest BCUT2D eigenvalue weighted by Crippen LogP contribution is -2.23. The largest absolute Gasteiger partial charge is 0.326 e. The van der Waals surface area contributed by atoms with Crippen LogP contribution in [0.2, 0.25) is 0 Å². The van der Waals surface area contributed by atoms with Crippen molar-refractivity contribution in [1.29, 1.82) is 0 Å². The summed E-state index contributed by atoms with van der Waals surface area (Å²) in [5.74, 6) is -0.291. The van der Waals surface area contributed by atoms with Crippen molar-refractivity contribution in [2.24, 2.45) is 5.92 Å². The van der Waals surface area contributed by atoms with Crippen LogP contribution in [0.25, 0.3) is 0 Å². The second kappa shape index (κ2) is 5.45.